The molecule has 2 amide bonds. The zero-order valence-corrected chi connectivity index (χ0v) is 18.7. The first kappa shape index (κ1) is 22.6. The molecular weight excluding hydrogens is 418 g/mol. The van der Waals surface area contributed by atoms with Crippen molar-refractivity contribution >= 4 is 38.9 Å². The van der Waals surface area contributed by atoms with Gasteiger partial charge < -0.3 is 15.0 Å². The van der Waals surface area contributed by atoms with Gasteiger partial charge in [0.15, 0.2) is 6.10 Å². The second-order valence-corrected chi connectivity index (χ2v) is 9.44. The van der Waals surface area contributed by atoms with Crippen LogP contribution in [0.3, 0.4) is 0 Å². The van der Waals surface area contributed by atoms with Crippen LogP contribution in [0.15, 0.2) is 48.5 Å². The molecule has 1 unspecified atom stereocenters. The Balaban J connectivity index is 1.66. The number of sulfonamides is 1. The second kappa shape index (κ2) is 9.38. The van der Waals surface area contributed by atoms with Crippen molar-refractivity contribution in [1.29, 1.82) is 0 Å². The maximum absolute atomic E-state index is 12.7. The molecule has 1 aliphatic heterocycles. The van der Waals surface area contributed by atoms with Gasteiger partial charge >= 0.3 is 0 Å². The molecule has 9 heteroatoms. The lowest BCUT2D eigenvalue weighted by Crippen LogP contribution is -2.32. The summed E-state index contributed by atoms with van der Waals surface area (Å²) in [7, 11) is -1.88. The minimum atomic E-state index is -3.35. The summed E-state index contributed by atoms with van der Waals surface area (Å²) in [6.07, 6.45) is 2.22. The van der Waals surface area contributed by atoms with Crippen molar-refractivity contribution in [3.63, 3.8) is 0 Å². The molecule has 2 aromatic rings. The Bertz CT molecular complexity index is 1050. The summed E-state index contributed by atoms with van der Waals surface area (Å²) in [4.78, 5) is 26.4. The van der Waals surface area contributed by atoms with Crippen LogP contribution in [0, 0.1) is 0 Å². The summed E-state index contributed by atoms with van der Waals surface area (Å²) in [6.45, 7) is 2.52. The van der Waals surface area contributed by atoms with Crippen molar-refractivity contribution in [1.82, 2.24) is 0 Å². The van der Waals surface area contributed by atoms with Gasteiger partial charge in [0.05, 0.1) is 11.9 Å². The van der Waals surface area contributed by atoms with Gasteiger partial charge in [0, 0.05) is 31.4 Å². The van der Waals surface area contributed by atoms with E-state index in [9.17, 15) is 18.0 Å². The van der Waals surface area contributed by atoms with Crippen molar-refractivity contribution in [2.45, 2.75) is 32.3 Å². The summed E-state index contributed by atoms with van der Waals surface area (Å²) in [5.74, 6) is 0.247. The largest absolute Gasteiger partial charge is 0.481 e. The van der Waals surface area contributed by atoms with E-state index in [-0.39, 0.29) is 11.8 Å². The average molecular weight is 446 g/mol. The summed E-state index contributed by atoms with van der Waals surface area (Å²) in [5, 5.41) is 2.85. The highest BCUT2D eigenvalue weighted by molar-refractivity contribution is 7.92. The topological polar surface area (TPSA) is 96.0 Å². The zero-order chi connectivity index (χ0) is 22.6. The first-order valence-electron chi connectivity index (χ1n) is 10.1. The third kappa shape index (κ3) is 5.55. The second-order valence-electron chi connectivity index (χ2n) is 7.43. The van der Waals surface area contributed by atoms with Gasteiger partial charge in [-0.2, -0.15) is 0 Å². The number of anilines is 3. The van der Waals surface area contributed by atoms with Gasteiger partial charge in [0.1, 0.15) is 5.75 Å². The normalized spacial score (nSPS) is 14.9. The Labute approximate surface area is 182 Å². The monoisotopic (exact) mass is 445 g/mol. The highest BCUT2D eigenvalue weighted by Gasteiger charge is 2.23. The molecule has 0 saturated carbocycles. The maximum Gasteiger partial charge on any atom is 0.265 e. The third-order valence-electron chi connectivity index (χ3n) is 5.14. The van der Waals surface area contributed by atoms with Crippen LogP contribution in [0.25, 0.3) is 0 Å². The summed E-state index contributed by atoms with van der Waals surface area (Å²) >= 11 is 0. The molecule has 0 bridgehead atoms. The van der Waals surface area contributed by atoms with Gasteiger partial charge in [-0.25, -0.2) is 8.42 Å². The van der Waals surface area contributed by atoms with Crippen LogP contribution in [0.4, 0.5) is 17.1 Å². The number of benzene rings is 2. The molecule has 31 heavy (non-hydrogen) atoms. The van der Waals surface area contributed by atoms with Crippen LogP contribution in [-0.4, -0.2) is 46.2 Å². The van der Waals surface area contributed by atoms with Crippen LogP contribution >= 0.6 is 0 Å². The quantitative estimate of drug-likeness (QED) is 0.674. The molecule has 1 atom stereocenters. The lowest BCUT2D eigenvalue weighted by Gasteiger charge is -2.20. The van der Waals surface area contributed by atoms with Crippen LogP contribution in [0.1, 0.15) is 26.2 Å². The Morgan fingerprint density at radius 1 is 1.23 bits per heavy atom. The number of amides is 2. The lowest BCUT2D eigenvalue weighted by atomic mass is 10.2. The van der Waals surface area contributed by atoms with E-state index in [0.717, 1.165) is 18.4 Å². The van der Waals surface area contributed by atoms with E-state index in [1.165, 1.54) is 11.4 Å². The Kier molecular flexibility index (Phi) is 6.84. The van der Waals surface area contributed by atoms with Crippen molar-refractivity contribution < 1.29 is 22.7 Å². The summed E-state index contributed by atoms with van der Waals surface area (Å²) < 4.78 is 30.3. The Morgan fingerprint density at radius 3 is 2.52 bits per heavy atom. The number of hydrogen-bond donors (Lipinski definition) is 1. The molecule has 166 valence electrons. The minimum absolute atomic E-state index is 0.0863. The Hall–Kier alpha value is -3.07. The van der Waals surface area contributed by atoms with Crippen molar-refractivity contribution in [2.24, 2.45) is 0 Å². The molecule has 1 saturated heterocycles. The number of nitrogens with zero attached hydrogens (tertiary/aromatic N) is 2. The van der Waals surface area contributed by atoms with E-state index in [2.05, 4.69) is 5.32 Å². The molecule has 3 rings (SSSR count). The fourth-order valence-corrected chi connectivity index (χ4v) is 3.81. The molecule has 1 N–H and O–H groups in total. The van der Waals surface area contributed by atoms with Gasteiger partial charge in [-0.05, 0) is 55.3 Å². The number of nitrogens with one attached hydrogen (secondary N) is 1. The molecule has 0 radical (unpaired) electrons. The molecule has 1 fully saturated rings. The first-order chi connectivity index (χ1) is 14.7. The van der Waals surface area contributed by atoms with Gasteiger partial charge in [-0.1, -0.05) is 13.0 Å². The van der Waals surface area contributed by atoms with Crippen LogP contribution in [0.5, 0.6) is 5.75 Å². The molecule has 0 aromatic heterocycles. The fourth-order valence-electron chi connectivity index (χ4n) is 3.31. The van der Waals surface area contributed by atoms with E-state index < -0.39 is 16.1 Å². The molecule has 1 heterocycles. The average Bonchev–Trinajstić information content (AvgIpc) is 3.17. The minimum Gasteiger partial charge on any atom is -0.481 e. The molecule has 0 spiro atoms. The number of carbonyl (C=O) groups excluding carboxylic acids is 2. The maximum atomic E-state index is 12.7. The molecular formula is C22H27N3O5S. The highest BCUT2D eigenvalue weighted by Crippen LogP contribution is 2.25. The van der Waals surface area contributed by atoms with Crippen LogP contribution in [0.2, 0.25) is 0 Å². The zero-order valence-electron chi connectivity index (χ0n) is 17.9. The third-order valence-corrected chi connectivity index (χ3v) is 6.34. The number of ether oxygens (including phenoxy) is 1. The summed E-state index contributed by atoms with van der Waals surface area (Å²) in [6, 6.07) is 13.7. The van der Waals surface area contributed by atoms with Crippen molar-refractivity contribution in [2.75, 3.05) is 34.4 Å². The van der Waals surface area contributed by atoms with Crippen molar-refractivity contribution in [3.8, 4) is 5.75 Å². The number of hydrogen-bond acceptors (Lipinski definition) is 5. The van der Waals surface area contributed by atoms with Crippen LogP contribution < -0.4 is 19.3 Å². The van der Waals surface area contributed by atoms with Gasteiger partial charge in [-0.3, -0.25) is 13.9 Å². The SMILES string of the molecule is CCC(Oc1ccc(N(C)S(C)(=O)=O)cc1)C(=O)Nc1cccc(N2CCCC2=O)c1. The first-order valence-corrected chi connectivity index (χ1v) is 12.0. The van der Waals surface area contributed by atoms with Crippen LogP contribution in [-0.2, 0) is 19.6 Å². The van der Waals surface area contributed by atoms with Gasteiger partial charge in [-0.15, -0.1) is 0 Å². The van der Waals surface area contributed by atoms with Gasteiger partial charge in [0.25, 0.3) is 5.91 Å². The molecule has 8 nitrogen and oxygen atoms in total. The predicted molar refractivity (Wildman–Crippen MR) is 121 cm³/mol. The predicted octanol–water partition coefficient (Wildman–Crippen LogP) is 3.01. The molecule has 1 aliphatic rings. The van der Waals surface area contributed by atoms with Crippen molar-refractivity contribution in [3.05, 3.63) is 48.5 Å². The fraction of sp³-hybridized carbons (Fsp3) is 0.364. The molecule has 0 aliphatic carbocycles. The van der Waals surface area contributed by atoms with E-state index in [1.807, 2.05) is 13.0 Å². The van der Waals surface area contributed by atoms with E-state index in [1.54, 1.807) is 47.4 Å². The number of rotatable bonds is 8. The Morgan fingerprint density at radius 2 is 1.94 bits per heavy atom. The van der Waals surface area contributed by atoms with Gasteiger partial charge in [0.2, 0.25) is 15.9 Å². The van der Waals surface area contributed by atoms with E-state index in [0.29, 0.717) is 36.5 Å². The molecule has 2 aromatic carbocycles. The van der Waals surface area contributed by atoms with E-state index >= 15 is 0 Å². The highest BCUT2D eigenvalue weighted by atomic mass is 32.2. The summed E-state index contributed by atoms with van der Waals surface area (Å²) in [5.41, 5.74) is 1.86. The smallest absolute Gasteiger partial charge is 0.265 e. The van der Waals surface area contributed by atoms with E-state index in [4.69, 9.17) is 4.74 Å². The standard InChI is InChI=1S/C22H27N3O5S/c1-4-20(30-19-12-10-17(11-13-19)24(2)31(3,28)29)22(27)23-16-7-5-8-18(15-16)25-14-6-9-21(25)26/h5,7-8,10-13,15,20H,4,6,9,14H2,1-3H3,(H,23,27). The number of carbonyl (C=O) groups is 2. The lowest BCUT2D eigenvalue weighted by molar-refractivity contribution is -0.122.